The first kappa shape index (κ1) is 25.6. The van der Waals surface area contributed by atoms with E-state index in [-0.39, 0.29) is 16.5 Å². The standard InChI is InChI=1S/C26H25ClN2O6/c1-5-34-23-14-17(15-28-29-25(30)20-11-6-16(2)12-22(20)33-4)13-21(27)24(23)35-26(31)18-7-9-19(32-3)10-8-18/h6-15H,5H2,1-4H3,(H,29,30)/b28-15-. The van der Waals surface area contributed by atoms with Crippen LogP contribution < -0.4 is 24.4 Å². The number of benzene rings is 3. The van der Waals surface area contributed by atoms with Gasteiger partial charge in [0.2, 0.25) is 0 Å². The number of nitrogens with one attached hydrogen (secondary N) is 1. The summed E-state index contributed by atoms with van der Waals surface area (Å²) in [5, 5.41) is 4.14. The number of halogens is 1. The molecule has 9 heteroatoms. The minimum atomic E-state index is -0.601. The smallest absolute Gasteiger partial charge is 0.343 e. The number of hydrogen-bond donors (Lipinski definition) is 1. The van der Waals surface area contributed by atoms with Crippen molar-refractivity contribution in [1.29, 1.82) is 0 Å². The first-order chi connectivity index (χ1) is 16.9. The van der Waals surface area contributed by atoms with Crippen LogP contribution in [-0.2, 0) is 0 Å². The number of amides is 1. The highest BCUT2D eigenvalue weighted by Crippen LogP contribution is 2.37. The maximum atomic E-state index is 12.6. The van der Waals surface area contributed by atoms with Gasteiger partial charge < -0.3 is 18.9 Å². The largest absolute Gasteiger partial charge is 0.497 e. The number of nitrogens with zero attached hydrogens (tertiary/aromatic N) is 1. The first-order valence-electron chi connectivity index (χ1n) is 10.7. The number of ether oxygens (including phenoxy) is 4. The second kappa shape index (κ2) is 11.9. The molecule has 182 valence electrons. The Bertz CT molecular complexity index is 1240. The summed E-state index contributed by atoms with van der Waals surface area (Å²) in [5.74, 6) is 0.374. The molecule has 0 aliphatic rings. The van der Waals surface area contributed by atoms with Gasteiger partial charge in [-0.1, -0.05) is 17.7 Å². The molecule has 3 rings (SSSR count). The van der Waals surface area contributed by atoms with Gasteiger partial charge in [0.05, 0.1) is 43.2 Å². The minimum absolute atomic E-state index is 0.0833. The monoisotopic (exact) mass is 496 g/mol. The maximum Gasteiger partial charge on any atom is 0.343 e. The van der Waals surface area contributed by atoms with E-state index in [0.29, 0.717) is 34.8 Å². The maximum absolute atomic E-state index is 12.6. The van der Waals surface area contributed by atoms with Crippen molar-refractivity contribution < 1.29 is 28.5 Å². The van der Waals surface area contributed by atoms with Crippen LogP contribution in [0.4, 0.5) is 0 Å². The molecular weight excluding hydrogens is 472 g/mol. The van der Waals surface area contributed by atoms with Crippen molar-refractivity contribution in [3.63, 3.8) is 0 Å². The zero-order chi connectivity index (χ0) is 25.4. The Hall–Kier alpha value is -4.04. The Balaban J connectivity index is 1.77. The molecule has 0 fully saturated rings. The van der Waals surface area contributed by atoms with Crippen molar-refractivity contribution in [3.05, 3.63) is 81.9 Å². The summed E-state index contributed by atoms with van der Waals surface area (Å²) in [6.45, 7) is 4.01. The zero-order valence-corrected chi connectivity index (χ0v) is 20.5. The van der Waals surface area contributed by atoms with Crippen LogP contribution in [0, 0.1) is 6.92 Å². The van der Waals surface area contributed by atoms with Gasteiger partial charge in [-0.05, 0) is 73.5 Å². The third kappa shape index (κ3) is 6.51. The highest BCUT2D eigenvalue weighted by atomic mass is 35.5. The van der Waals surface area contributed by atoms with Gasteiger partial charge in [0.1, 0.15) is 11.5 Å². The molecule has 0 bridgehead atoms. The van der Waals surface area contributed by atoms with E-state index in [2.05, 4.69) is 10.5 Å². The molecule has 3 aromatic carbocycles. The summed E-state index contributed by atoms with van der Waals surface area (Å²) in [6.07, 6.45) is 1.40. The Morgan fingerprint density at radius 2 is 1.74 bits per heavy atom. The van der Waals surface area contributed by atoms with Gasteiger partial charge in [0.25, 0.3) is 5.91 Å². The molecule has 0 saturated carbocycles. The molecular formula is C26H25ClN2O6. The van der Waals surface area contributed by atoms with Crippen LogP contribution in [0.1, 0.15) is 38.8 Å². The number of rotatable bonds is 9. The zero-order valence-electron chi connectivity index (χ0n) is 19.8. The fourth-order valence-electron chi connectivity index (χ4n) is 3.11. The van der Waals surface area contributed by atoms with E-state index in [4.69, 9.17) is 30.5 Å². The predicted octanol–water partition coefficient (Wildman–Crippen LogP) is 5.05. The molecule has 0 unspecified atom stereocenters. The van der Waals surface area contributed by atoms with Gasteiger partial charge in [-0.15, -0.1) is 0 Å². The topological polar surface area (TPSA) is 95.5 Å². The normalized spacial score (nSPS) is 10.7. The van der Waals surface area contributed by atoms with Crippen molar-refractivity contribution >= 4 is 29.7 Å². The van der Waals surface area contributed by atoms with Crippen molar-refractivity contribution in [2.75, 3.05) is 20.8 Å². The summed E-state index contributed by atoms with van der Waals surface area (Å²) in [7, 11) is 3.03. The van der Waals surface area contributed by atoms with E-state index in [1.807, 2.05) is 6.92 Å². The van der Waals surface area contributed by atoms with Gasteiger partial charge >= 0.3 is 5.97 Å². The summed E-state index contributed by atoms with van der Waals surface area (Å²) in [6, 6.07) is 14.9. The molecule has 0 radical (unpaired) electrons. The fourth-order valence-corrected chi connectivity index (χ4v) is 3.37. The molecule has 0 spiro atoms. The fraction of sp³-hybridized carbons (Fsp3) is 0.192. The molecule has 3 aromatic rings. The highest BCUT2D eigenvalue weighted by Gasteiger charge is 2.18. The highest BCUT2D eigenvalue weighted by molar-refractivity contribution is 6.32. The third-order valence-electron chi connectivity index (χ3n) is 4.83. The number of aryl methyl sites for hydroxylation is 1. The van der Waals surface area contributed by atoms with Crippen LogP contribution in [0.5, 0.6) is 23.0 Å². The summed E-state index contributed by atoms with van der Waals surface area (Å²) in [4.78, 5) is 25.1. The number of hydrazone groups is 1. The lowest BCUT2D eigenvalue weighted by Gasteiger charge is -2.13. The van der Waals surface area contributed by atoms with Crippen LogP contribution in [0.15, 0.2) is 59.7 Å². The number of carbonyl (C=O) groups is 2. The van der Waals surface area contributed by atoms with Crippen molar-refractivity contribution in [3.8, 4) is 23.0 Å². The lowest BCUT2D eigenvalue weighted by molar-refractivity contribution is 0.0728. The minimum Gasteiger partial charge on any atom is -0.497 e. The van der Waals surface area contributed by atoms with E-state index in [1.54, 1.807) is 61.5 Å². The van der Waals surface area contributed by atoms with Crippen LogP contribution in [0.25, 0.3) is 0 Å². The molecule has 0 heterocycles. The number of esters is 1. The molecule has 8 nitrogen and oxygen atoms in total. The molecule has 0 aromatic heterocycles. The molecule has 0 aliphatic heterocycles. The van der Waals surface area contributed by atoms with E-state index in [1.165, 1.54) is 20.4 Å². The predicted molar refractivity (Wildman–Crippen MR) is 133 cm³/mol. The van der Waals surface area contributed by atoms with Crippen molar-refractivity contribution in [1.82, 2.24) is 5.43 Å². The average Bonchev–Trinajstić information content (AvgIpc) is 2.86. The Labute approximate surface area is 208 Å². The Kier molecular flexibility index (Phi) is 8.69. The molecule has 0 atom stereocenters. The lowest BCUT2D eigenvalue weighted by atomic mass is 10.1. The van der Waals surface area contributed by atoms with Gasteiger partial charge in [-0.2, -0.15) is 5.10 Å². The molecule has 0 saturated heterocycles. The molecule has 1 N–H and O–H groups in total. The molecule has 0 aliphatic carbocycles. The summed E-state index contributed by atoms with van der Waals surface area (Å²) >= 11 is 6.40. The molecule has 1 amide bonds. The van der Waals surface area contributed by atoms with Crippen LogP contribution >= 0.6 is 11.6 Å². The van der Waals surface area contributed by atoms with Crippen molar-refractivity contribution in [2.45, 2.75) is 13.8 Å². The van der Waals surface area contributed by atoms with Gasteiger partial charge in [-0.25, -0.2) is 10.2 Å². The van der Waals surface area contributed by atoms with Gasteiger partial charge in [0.15, 0.2) is 11.5 Å². The number of hydrogen-bond acceptors (Lipinski definition) is 7. The van der Waals surface area contributed by atoms with E-state index in [9.17, 15) is 9.59 Å². The Morgan fingerprint density at radius 3 is 2.40 bits per heavy atom. The quantitative estimate of drug-likeness (QED) is 0.193. The van der Waals surface area contributed by atoms with Crippen LogP contribution in [-0.4, -0.2) is 38.9 Å². The number of methoxy groups -OCH3 is 2. The first-order valence-corrected chi connectivity index (χ1v) is 11.0. The summed E-state index contributed by atoms with van der Waals surface area (Å²) in [5.41, 5.74) is 4.63. The van der Waals surface area contributed by atoms with E-state index < -0.39 is 11.9 Å². The van der Waals surface area contributed by atoms with Crippen molar-refractivity contribution in [2.24, 2.45) is 5.10 Å². The van der Waals surface area contributed by atoms with Crippen LogP contribution in [0.2, 0.25) is 5.02 Å². The van der Waals surface area contributed by atoms with Gasteiger partial charge in [-0.3, -0.25) is 4.79 Å². The third-order valence-corrected chi connectivity index (χ3v) is 5.11. The van der Waals surface area contributed by atoms with Crippen LogP contribution in [0.3, 0.4) is 0 Å². The number of carbonyl (C=O) groups excluding carboxylic acids is 2. The van der Waals surface area contributed by atoms with E-state index >= 15 is 0 Å². The SMILES string of the molecule is CCOc1cc(/C=N\NC(=O)c2ccc(C)cc2OC)cc(Cl)c1OC(=O)c1ccc(OC)cc1. The Morgan fingerprint density at radius 1 is 1.00 bits per heavy atom. The second-order valence-corrected chi connectivity index (χ2v) is 7.69. The second-order valence-electron chi connectivity index (χ2n) is 7.28. The average molecular weight is 497 g/mol. The van der Waals surface area contributed by atoms with Gasteiger partial charge in [0, 0.05) is 0 Å². The lowest BCUT2D eigenvalue weighted by Crippen LogP contribution is -2.18. The van der Waals surface area contributed by atoms with E-state index in [0.717, 1.165) is 5.56 Å². The molecule has 35 heavy (non-hydrogen) atoms. The summed E-state index contributed by atoms with van der Waals surface area (Å²) < 4.78 is 21.5.